The highest BCUT2D eigenvalue weighted by Gasteiger charge is 2.16. The fraction of sp³-hybridized carbons (Fsp3) is 0.182. The van der Waals surface area contributed by atoms with Gasteiger partial charge in [-0.3, -0.25) is 14.2 Å². The average Bonchev–Trinajstić information content (AvgIpc) is 2.33. The fourth-order valence-electron chi connectivity index (χ4n) is 1.75. The second kappa shape index (κ2) is 4.38. The Kier molecular flexibility index (Phi) is 3.04. The van der Waals surface area contributed by atoms with Gasteiger partial charge in [-0.1, -0.05) is 11.6 Å². The molecule has 2 rings (SSSR count). The van der Waals surface area contributed by atoms with E-state index in [9.17, 15) is 18.8 Å². The van der Waals surface area contributed by atoms with Crippen molar-refractivity contribution in [1.29, 1.82) is 0 Å². The third kappa shape index (κ3) is 1.65. The van der Waals surface area contributed by atoms with Crippen molar-refractivity contribution in [3.8, 4) is 0 Å². The highest BCUT2D eigenvalue weighted by molar-refractivity contribution is 6.35. The summed E-state index contributed by atoms with van der Waals surface area (Å²) in [6, 6.07) is 1.06. The molecule has 94 valence electrons. The standard InChI is InChI=1S/C11H8ClFN2O3/c1-2-15-10(17)7-6(12)3-5(4-16)8(13)9(7)14-11(15)18/h3-4H,2H2,1H3,(H,14,18). The van der Waals surface area contributed by atoms with Gasteiger partial charge in [0.1, 0.15) is 0 Å². The van der Waals surface area contributed by atoms with Crippen LogP contribution in [-0.2, 0) is 6.54 Å². The van der Waals surface area contributed by atoms with E-state index >= 15 is 0 Å². The van der Waals surface area contributed by atoms with E-state index in [0.717, 1.165) is 10.6 Å². The van der Waals surface area contributed by atoms with Crippen LogP contribution in [0.3, 0.4) is 0 Å². The van der Waals surface area contributed by atoms with E-state index in [1.165, 1.54) is 0 Å². The van der Waals surface area contributed by atoms with Gasteiger partial charge in [0, 0.05) is 6.54 Å². The van der Waals surface area contributed by atoms with Crippen molar-refractivity contribution in [3.05, 3.63) is 43.3 Å². The maximum Gasteiger partial charge on any atom is 0.328 e. The molecule has 0 saturated heterocycles. The van der Waals surface area contributed by atoms with Gasteiger partial charge >= 0.3 is 5.69 Å². The molecular weight excluding hydrogens is 263 g/mol. The third-order valence-electron chi connectivity index (χ3n) is 2.62. The van der Waals surface area contributed by atoms with Crippen molar-refractivity contribution in [2.75, 3.05) is 0 Å². The summed E-state index contributed by atoms with van der Waals surface area (Å²) in [5.74, 6) is -0.957. The minimum Gasteiger partial charge on any atom is -0.304 e. The molecule has 0 atom stereocenters. The first kappa shape index (κ1) is 12.5. The fourth-order valence-corrected chi connectivity index (χ4v) is 2.04. The van der Waals surface area contributed by atoms with Crippen molar-refractivity contribution < 1.29 is 9.18 Å². The Bertz CT molecular complexity index is 763. The molecule has 0 saturated carbocycles. The molecule has 7 heteroatoms. The molecule has 0 unspecified atom stereocenters. The second-order valence-electron chi connectivity index (χ2n) is 3.61. The van der Waals surface area contributed by atoms with Crippen LogP contribution >= 0.6 is 11.6 Å². The van der Waals surface area contributed by atoms with E-state index in [1.54, 1.807) is 6.92 Å². The number of hydrogen-bond acceptors (Lipinski definition) is 3. The molecular formula is C11H8ClFN2O3. The molecule has 18 heavy (non-hydrogen) atoms. The Morgan fingerprint density at radius 2 is 2.17 bits per heavy atom. The molecule has 2 aromatic rings. The van der Waals surface area contributed by atoms with Crippen LogP contribution < -0.4 is 11.2 Å². The van der Waals surface area contributed by atoms with Crippen LogP contribution in [0.2, 0.25) is 5.02 Å². The van der Waals surface area contributed by atoms with Crippen LogP contribution in [0.15, 0.2) is 15.7 Å². The summed E-state index contributed by atoms with van der Waals surface area (Å²) in [5.41, 5.74) is -2.08. The number of nitrogens with zero attached hydrogens (tertiary/aromatic N) is 1. The van der Waals surface area contributed by atoms with Gasteiger partial charge in [0.05, 0.1) is 21.5 Å². The number of aldehydes is 1. The number of hydrogen-bond donors (Lipinski definition) is 1. The van der Waals surface area contributed by atoms with E-state index in [1.807, 2.05) is 0 Å². The van der Waals surface area contributed by atoms with E-state index < -0.39 is 17.1 Å². The number of nitrogens with one attached hydrogen (secondary N) is 1. The third-order valence-corrected chi connectivity index (χ3v) is 2.92. The number of aromatic nitrogens is 2. The lowest BCUT2D eigenvalue weighted by Crippen LogP contribution is -2.34. The van der Waals surface area contributed by atoms with Gasteiger partial charge in [-0.15, -0.1) is 0 Å². The molecule has 1 N–H and O–H groups in total. The summed E-state index contributed by atoms with van der Waals surface area (Å²) in [5, 5.41) is -0.210. The first-order valence-corrected chi connectivity index (χ1v) is 5.49. The summed E-state index contributed by atoms with van der Waals surface area (Å²) < 4.78 is 14.7. The topological polar surface area (TPSA) is 71.9 Å². The van der Waals surface area contributed by atoms with Gasteiger partial charge in [0.25, 0.3) is 5.56 Å². The Balaban J connectivity index is 3.11. The van der Waals surface area contributed by atoms with Gasteiger partial charge in [-0.25, -0.2) is 9.18 Å². The molecule has 0 aliphatic heterocycles. The molecule has 0 spiro atoms. The Labute approximate surface area is 105 Å². The molecule has 1 aromatic carbocycles. The molecule has 0 bridgehead atoms. The summed E-state index contributed by atoms with van der Waals surface area (Å²) in [7, 11) is 0. The smallest absolute Gasteiger partial charge is 0.304 e. The minimum absolute atomic E-state index is 0.0723. The number of benzene rings is 1. The van der Waals surface area contributed by atoms with Crippen LogP contribution in [0.1, 0.15) is 17.3 Å². The monoisotopic (exact) mass is 270 g/mol. The van der Waals surface area contributed by atoms with Crippen molar-refractivity contribution in [2.45, 2.75) is 13.5 Å². The van der Waals surface area contributed by atoms with Gasteiger partial charge in [0.15, 0.2) is 12.1 Å². The number of halogens is 2. The largest absolute Gasteiger partial charge is 0.328 e. The van der Waals surface area contributed by atoms with E-state index in [4.69, 9.17) is 11.6 Å². The zero-order chi connectivity index (χ0) is 13.4. The number of fused-ring (bicyclic) bond motifs is 1. The van der Waals surface area contributed by atoms with Crippen molar-refractivity contribution in [3.63, 3.8) is 0 Å². The summed E-state index contributed by atoms with van der Waals surface area (Å²) in [4.78, 5) is 36.4. The quantitative estimate of drug-likeness (QED) is 0.837. The molecule has 1 heterocycles. The summed E-state index contributed by atoms with van der Waals surface area (Å²) >= 11 is 5.84. The maximum absolute atomic E-state index is 13.8. The number of carbonyl (C=O) groups excluding carboxylic acids is 1. The molecule has 0 fully saturated rings. The number of carbonyl (C=O) groups is 1. The van der Waals surface area contributed by atoms with Gasteiger partial charge in [0.2, 0.25) is 0 Å². The lowest BCUT2D eigenvalue weighted by atomic mass is 10.1. The first-order valence-electron chi connectivity index (χ1n) is 5.11. The molecule has 0 radical (unpaired) electrons. The van der Waals surface area contributed by atoms with E-state index in [2.05, 4.69) is 4.98 Å². The first-order chi connectivity index (χ1) is 8.51. The lowest BCUT2D eigenvalue weighted by molar-refractivity contribution is 0.112. The second-order valence-corrected chi connectivity index (χ2v) is 4.02. The molecule has 1 aromatic heterocycles. The van der Waals surface area contributed by atoms with Crippen molar-refractivity contribution in [2.24, 2.45) is 0 Å². The van der Waals surface area contributed by atoms with Crippen molar-refractivity contribution in [1.82, 2.24) is 9.55 Å². The van der Waals surface area contributed by atoms with Gasteiger partial charge < -0.3 is 4.98 Å². The molecule has 0 aliphatic rings. The van der Waals surface area contributed by atoms with Crippen molar-refractivity contribution >= 4 is 28.8 Å². The zero-order valence-corrected chi connectivity index (χ0v) is 10.0. The zero-order valence-electron chi connectivity index (χ0n) is 9.29. The average molecular weight is 271 g/mol. The molecule has 0 amide bonds. The molecule has 0 aliphatic carbocycles. The minimum atomic E-state index is -0.957. The van der Waals surface area contributed by atoms with Crippen LogP contribution in [0, 0.1) is 5.82 Å². The summed E-state index contributed by atoms with van der Waals surface area (Å²) in [6.07, 6.45) is 0.268. The van der Waals surface area contributed by atoms with E-state index in [0.29, 0.717) is 0 Å². The predicted molar refractivity (Wildman–Crippen MR) is 64.9 cm³/mol. The highest BCUT2D eigenvalue weighted by Crippen LogP contribution is 2.23. The Morgan fingerprint density at radius 1 is 1.50 bits per heavy atom. The Morgan fingerprint density at radius 3 is 2.72 bits per heavy atom. The number of H-pyrrole nitrogens is 1. The van der Waals surface area contributed by atoms with Crippen LogP contribution in [0.5, 0.6) is 0 Å². The maximum atomic E-state index is 13.8. The lowest BCUT2D eigenvalue weighted by Gasteiger charge is -2.07. The highest BCUT2D eigenvalue weighted by atomic mass is 35.5. The van der Waals surface area contributed by atoms with Gasteiger partial charge in [-0.2, -0.15) is 0 Å². The summed E-state index contributed by atoms with van der Waals surface area (Å²) in [6.45, 7) is 1.74. The number of rotatable bonds is 2. The molecule has 5 nitrogen and oxygen atoms in total. The normalized spacial score (nSPS) is 10.8. The van der Waals surface area contributed by atoms with Crippen LogP contribution in [-0.4, -0.2) is 15.8 Å². The predicted octanol–water partition coefficient (Wildman–Crippen LogP) is 1.31. The van der Waals surface area contributed by atoms with Crippen LogP contribution in [0.4, 0.5) is 4.39 Å². The van der Waals surface area contributed by atoms with E-state index in [-0.39, 0.29) is 34.3 Å². The SMILES string of the molecule is CCn1c(=O)[nH]c2c(F)c(C=O)cc(Cl)c2c1=O. The van der Waals surface area contributed by atoms with Gasteiger partial charge in [-0.05, 0) is 13.0 Å². The van der Waals surface area contributed by atoms with Crippen LogP contribution in [0.25, 0.3) is 10.9 Å². The Hall–Kier alpha value is -1.95. The number of aromatic amines is 1.